The number of aryl methyl sites for hydroxylation is 1. The van der Waals surface area contributed by atoms with Crippen molar-refractivity contribution in [3.63, 3.8) is 0 Å². The van der Waals surface area contributed by atoms with Crippen LogP contribution in [0.3, 0.4) is 0 Å². The molecule has 104 valence electrons. The van der Waals surface area contributed by atoms with E-state index in [-0.39, 0.29) is 5.56 Å². The Bertz CT molecular complexity index is 845. The van der Waals surface area contributed by atoms with Crippen LogP contribution in [-0.2, 0) is 13.6 Å². The molecule has 2 aromatic carbocycles. The third-order valence-corrected chi connectivity index (χ3v) is 3.42. The molecule has 0 fully saturated rings. The van der Waals surface area contributed by atoms with Crippen molar-refractivity contribution in [1.29, 1.82) is 5.26 Å². The van der Waals surface area contributed by atoms with Gasteiger partial charge in [-0.1, -0.05) is 12.1 Å². The number of halogens is 1. The van der Waals surface area contributed by atoms with Gasteiger partial charge in [0.2, 0.25) is 0 Å². The highest BCUT2D eigenvalue weighted by atomic mass is 19.1. The molecule has 0 atom stereocenters. The van der Waals surface area contributed by atoms with E-state index < -0.39 is 5.82 Å². The highest BCUT2D eigenvalue weighted by Crippen LogP contribution is 2.17. The van der Waals surface area contributed by atoms with Crippen LogP contribution in [0.15, 0.2) is 42.5 Å². The van der Waals surface area contributed by atoms with Crippen molar-refractivity contribution < 1.29 is 4.39 Å². The highest BCUT2D eigenvalue weighted by molar-refractivity contribution is 5.75. The molecule has 0 bridgehead atoms. The second-order valence-corrected chi connectivity index (χ2v) is 4.74. The summed E-state index contributed by atoms with van der Waals surface area (Å²) in [5, 5.41) is 12.0. The number of para-hydroxylation sites is 2. The van der Waals surface area contributed by atoms with Crippen LogP contribution >= 0.6 is 0 Å². The second-order valence-electron chi connectivity index (χ2n) is 4.74. The molecule has 0 amide bonds. The molecule has 21 heavy (non-hydrogen) atoms. The van der Waals surface area contributed by atoms with Crippen molar-refractivity contribution in [3.8, 4) is 6.07 Å². The summed E-state index contributed by atoms with van der Waals surface area (Å²) in [7, 11) is 1.96. The smallest absolute Gasteiger partial charge is 0.141 e. The molecular formula is C16H13FN4. The van der Waals surface area contributed by atoms with E-state index >= 15 is 0 Å². The van der Waals surface area contributed by atoms with Crippen molar-refractivity contribution in [2.45, 2.75) is 6.54 Å². The topological polar surface area (TPSA) is 53.6 Å². The average molecular weight is 280 g/mol. The zero-order valence-electron chi connectivity index (χ0n) is 11.5. The predicted molar refractivity (Wildman–Crippen MR) is 79.2 cm³/mol. The predicted octanol–water partition coefficient (Wildman–Crippen LogP) is 3.20. The molecule has 3 rings (SSSR count). The second kappa shape index (κ2) is 5.25. The monoisotopic (exact) mass is 280 g/mol. The van der Waals surface area contributed by atoms with Gasteiger partial charge in [-0.2, -0.15) is 5.26 Å². The maximum Gasteiger partial charge on any atom is 0.141 e. The van der Waals surface area contributed by atoms with Gasteiger partial charge in [-0.25, -0.2) is 9.37 Å². The van der Waals surface area contributed by atoms with Gasteiger partial charge in [0.1, 0.15) is 17.7 Å². The molecular weight excluding hydrogens is 267 g/mol. The van der Waals surface area contributed by atoms with E-state index in [1.165, 1.54) is 12.1 Å². The van der Waals surface area contributed by atoms with Crippen molar-refractivity contribution in [2.24, 2.45) is 7.05 Å². The summed E-state index contributed by atoms with van der Waals surface area (Å²) in [5.74, 6) is 0.366. The Balaban J connectivity index is 1.84. The van der Waals surface area contributed by atoms with E-state index in [1.54, 1.807) is 6.07 Å². The number of nitriles is 1. The molecule has 0 spiro atoms. The Morgan fingerprint density at radius 3 is 2.86 bits per heavy atom. The van der Waals surface area contributed by atoms with Gasteiger partial charge < -0.3 is 9.88 Å². The van der Waals surface area contributed by atoms with Crippen molar-refractivity contribution in [1.82, 2.24) is 9.55 Å². The quantitative estimate of drug-likeness (QED) is 0.801. The lowest BCUT2D eigenvalue weighted by Gasteiger charge is -2.07. The van der Waals surface area contributed by atoms with Crippen LogP contribution < -0.4 is 5.32 Å². The fourth-order valence-electron chi connectivity index (χ4n) is 2.26. The third kappa shape index (κ3) is 2.43. The van der Waals surface area contributed by atoms with Gasteiger partial charge >= 0.3 is 0 Å². The van der Waals surface area contributed by atoms with Gasteiger partial charge in [0, 0.05) is 12.7 Å². The average Bonchev–Trinajstić information content (AvgIpc) is 2.83. The number of aromatic nitrogens is 2. The maximum atomic E-state index is 13.3. The van der Waals surface area contributed by atoms with Crippen molar-refractivity contribution in [2.75, 3.05) is 5.32 Å². The number of fused-ring (bicyclic) bond motifs is 1. The van der Waals surface area contributed by atoms with Crippen molar-refractivity contribution in [3.05, 3.63) is 59.7 Å². The Morgan fingerprint density at radius 1 is 1.29 bits per heavy atom. The largest absolute Gasteiger partial charge is 0.378 e. The minimum Gasteiger partial charge on any atom is -0.378 e. The van der Waals surface area contributed by atoms with E-state index in [1.807, 2.05) is 41.9 Å². The van der Waals surface area contributed by atoms with Crippen LogP contribution in [0.25, 0.3) is 11.0 Å². The Kier molecular flexibility index (Phi) is 3.28. The molecule has 0 radical (unpaired) electrons. The summed E-state index contributed by atoms with van der Waals surface area (Å²) in [4.78, 5) is 4.55. The van der Waals surface area contributed by atoms with Crippen molar-refractivity contribution >= 4 is 16.7 Å². The molecule has 0 unspecified atom stereocenters. The van der Waals surface area contributed by atoms with Crippen LogP contribution in [0.5, 0.6) is 0 Å². The van der Waals surface area contributed by atoms with Gasteiger partial charge in [-0.15, -0.1) is 0 Å². The van der Waals surface area contributed by atoms with Crippen LogP contribution in [0, 0.1) is 17.1 Å². The molecule has 3 aromatic rings. The lowest BCUT2D eigenvalue weighted by molar-refractivity contribution is 0.624. The Hall–Kier alpha value is -2.87. The van der Waals surface area contributed by atoms with E-state index in [0.717, 1.165) is 16.9 Å². The number of nitrogens with zero attached hydrogens (tertiary/aromatic N) is 3. The Morgan fingerprint density at radius 2 is 2.10 bits per heavy atom. The van der Waals surface area contributed by atoms with E-state index in [0.29, 0.717) is 12.2 Å². The summed E-state index contributed by atoms with van der Waals surface area (Å²) in [6, 6.07) is 14.1. The number of hydrogen-bond donors (Lipinski definition) is 1. The zero-order chi connectivity index (χ0) is 14.8. The summed E-state index contributed by atoms with van der Waals surface area (Å²) in [6.07, 6.45) is 0. The number of benzene rings is 2. The van der Waals surface area contributed by atoms with E-state index in [2.05, 4.69) is 10.3 Å². The van der Waals surface area contributed by atoms with Gasteiger partial charge in [-0.05, 0) is 30.3 Å². The number of anilines is 1. The molecule has 1 aromatic heterocycles. The van der Waals surface area contributed by atoms with Gasteiger partial charge in [-0.3, -0.25) is 0 Å². The number of rotatable bonds is 3. The number of imidazole rings is 1. The number of hydrogen-bond acceptors (Lipinski definition) is 3. The zero-order valence-corrected chi connectivity index (χ0v) is 11.5. The van der Waals surface area contributed by atoms with Crippen LogP contribution in [0.4, 0.5) is 10.1 Å². The summed E-state index contributed by atoms with van der Waals surface area (Å²) in [5.41, 5.74) is 2.73. The summed E-state index contributed by atoms with van der Waals surface area (Å²) in [6.45, 7) is 0.502. The summed E-state index contributed by atoms with van der Waals surface area (Å²) >= 11 is 0. The Labute approximate surface area is 121 Å². The van der Waals surface area contributed by atoms with Crippen LogP contribution in [0.1, 0.15) is 11.4 Å². The molecule has 0 aliphatic rings. The molecule has 0 aliphatic heterocycles. The minimum absolute atomic E-state index is 0.0324. The third-order valence-electron chi connectivity index (χ3n) is 3.42. The highest BCUT2D eigenvalue weighted by Gasteiger charge is 2.07. The first-order valence-electron chi connectivity index (χ1n) is 6.53. The molecule has 0 saturated carbocycles. The fourth-order valence-corrected chi connectivity index (χ4v) is 2.26. The van der Waals surface area contributed by atoms with Crippen LogP contribution in [0.2, 0.25) is 0 Å². The summed E-state index contributed by atoms with van der Waals surface area (Å²) < 4.78 is 15.3. The first-order valence-corrected chi connectivity index (χ1v) is 6.53. The SMILES string of the molecule is Cn1c(CNc2ccc(F)c(C#N)c2)nc2ccccc21. The van der Waals surface area contributed by atoms with Gasteiger partial charge in [0.25, 0.3) is 0 Å². The molecule has 1 N–H and O–H groups in total. The lowest BCUT2D eigenvalue weighted by atomic mass is 10.2. The molecule has 5 heteroatoms. The van der Waals surface area contributed by atoms with E-state index in [4.69, 9.17) is 5.26 Å². The minimum atomic E-state index is -0.509. The normalized spacial score (nSPS) is 10.5. The molecule has 4 nitrogen and oxygen atoms in total. The fraction of sp³-hybridized carbons (Fsp3) is 0.125. The molecule has 0 aliphatic carbocycles. The first-order chi connectivity index (χ1) is 10.2. The number of nitrogens with one attached hydrogen (secondary N) is 1. The molecule has 1 heterocycles. The van der Waals surface area contributed by atoms with Gasteiger partial charge in [0.05, 0.1) is 23.1 Å². The lowest BCUT2D eigenvalue weighted by Crippen LogP contribution is -2.06. The van der Waals surface area contributed by atoms with E-state index in [9.17, 15) is 4.39 Å². The van der Waals surface area contributed by atoms with Gasteiger partial charge in [0.15, 0.2) is 0 Å². The molecule has 0 saturated heterocycles. The van der Waals surface area contributed by atoms with Crippen LogP contribution in [-0.4, -0.2) is 9.55 Å². The standard InChI is InChI=1S/C16H13FN4/c1-21-15-5-3-2-4-14(15)20-16(21)10-19-12-6-7-13(17)11(8-12)9-18/h2-8,19H,10H2,1H3. The maximum absolute atomic E-state index is 13.3. The first kappa shape index (κ1) is 13.1.